The molecule has 3 N–H and O–H groups in total. The van der Waals surface area contributed by atoms with E-state index in [-0.39, 0.29) is 42.7 Å². The molecule has 1 aliphatic heterocycles. The summed E-state index contributed by atoms with van der Waals surface area (Å²) >= 11 is 0. The number of fused-ring (bicyclic) bond motifs is 1. The normalized spacial score (nSPS) is 22.6. The van der Waals surface area contributed by atoms with E-state index in [2.05, 4.69) is 25.3 Å². The lowest BCUT2D eigenvalue weighted by Gasteiger charge is -2.37. The van der Waals surface area contributed by atoms with Crippen molar-refractivity contribution in [2.75, 3.05) is 29.7 Å². The highest BCUT2D eigenvalue weighted by Crippen LogP contribution is 2.36. The van der Waals surface area contributed by atoms with Crippen LogP contribution in [0.5, 0.6) is 0 Å². The molecule has 224 valence electrons. The van der Waals surface area contributed by atoms with Gasteiger partial charge in [0.05, 0.1) is 16.8 Å². The molecule has 1 saturated heterocycles. The van der Waals surface area contributed by atoms with Crippen LogP contribution in [0.3, 0.4) is 0 Å². The minimum Gasteiger partial charge on any atom is -0.354 e. The number of rotatable bonds is 9. The zero-order valence-electron chi connectivity index (χ0n) is 22.7. The van der Waals surface area contributed by atoms with Crippen LogP contribution in [0.25, 0.3) is 22.2 Å². The Morgan fingerprint density at radius 3 is 2.60 bits per heavy atom. The molecule has 15 heteroatoms. The van der Waals surface area contributed by atoms with Crippen LogP contribution in [0, 0.1) is 17.6 Å². The maximum absolute atomic E-state index is 15.9. The van der Waals surface area contributed by atoms with Crippen LogP contribution in [0.4, 0.5) is 24.8 Å². The van der Waals surface area contributed by atoms with Gasteiger partial charge in [-0.25, -0.2) is 18.2 Å². The van der Waals surface area contributed by atoms with Gasteiger partial charge >= 0.3 is 10.2 Å². The summed E-state index contributed by atoms with van der Waals surface area (Å²) in [6, 6.07) is 2.48. The van der Waals surface area contributed by atoms with E-state index < -0.39 is 50.9 Å². The van der Waals surface area contributed by atoms with Gasteiger partial charge < -0.3 is 10.6 Å². The van der Waals surface area contributed by atoms with Crippen molar-refractivity contribution in [3.05, 3.63) is 46.4 Å². The molecular formula is C27H30F3N7O4S. The predicted molar refractivity (Wildman–Crippen MR) is 150 cm³/mol. The fourth-order valence-corrected chi connectivity index (χ4v) is 6.74. The molecule has 2 aliphatic carbocycles. The second kappa shape index (κ2) is 10.8. The summed E-state index contributed by atoms with van der Waals surface area (Å²) in [7, 11) is -4.33. The lowest BCUT2D eigenvalue weighted by atomic mass is 9.86. The molecule has 1 amide bonds. The summed E-state index contributed by atoms with van der Waals surface area (Å²) in [6.07, 6.45) is 3.17. The van der Waals surface area contributed by atoms with Gasteiger partial charge in [-0.1, -0.05) is 0 Å². The van der Waals surface area contributed by atoms with Crippen molar-refractivity contribution in [1.29, 1.82) is 0 Å². The van der Waals surface area contributed by atoms with Crippen LogP contribution in [-0.4, -0.2) is 65.0 Å². The molecule has 3 fully saturated rings. The highest BCUT2D eigenvalue weighted by atomic mass is 32.2. The van der Waals surface area contributed by atoms with Crippen LogP contribution in [0.1, 0.15) is 45.1 Å². The first-order chi connectivity index (χ1) is 20.0. The number of pyridine rings is 1. The summed E-state index contributed by atoms with van der Waals surface area (Å²) < 4.78 is 74.6. The molecule has 1 atom stereocenters. The van der Waals surface area contributed by atoms with Gasteiger partial charge in [0.15, 0.2) is 5.82 Å². The van der Waals surface area contributed by atoms with Gasteiger partial charge in [0, 0.05) is 50.2 Å². The molecule has 0 spiro atoms. The third kappa shape index (κ3) is 5.54. The number of hydrogen-bond donors (Lipinski definition) is 3. The van der Waals surface area contributed by atoms with Crippen LogP contribution in [0.15, 0.2) is 29.2 Å². The Bertz CT molecular complexity index is 1720. The van der Waals surface area contributed by atoms with Gasteiger partial charge in [0.25, 0.3) is 5.56 Å². The van der Waals surface area contributed by atoms with Gasteiger partial charge in [0.2, 0.25) is 11.9 Å². The number of alkyl halides is 1. The number of carbonyl (C=O) groups is 1. The van der Waals surface area contributed by atoms with E-state index in [0.29, 0.717) is 36.6 Å². The zero-order chi connectivity index (χ0) is 29.8. The summed E-state index contributed by atoms with van der Waals surface area (Å²) in [5, 5.41) is 6.32. The Morgan fingerprint density at radius 1 is 1.17 bits per heavy atom. The van der Waals surface area contributed by atoms with E-state index in [1.165, 1.54) is 23.8 Å². The zero-order valence-corrected chi connectivity index (χ0v) is 23.6. The van der Waals surface area contributed by atoms with Crippen molar-refractivity contribution in [2.24, 2.45) is 5.92 Å². The van der Waals surface area contributed by atoms with Crippen LogP contribution < -0.4 is 20.9 Å². The number of benzene rings is 1. The third-order valence-electron chi connectivity index (χ3n) is 7.94. The molecule has 3 heterocycles. The summed E-state index contributed by atoms with van der Waals surface area (Å²) in [5.74, 6) is -1.71. The Labute approximate surface area is 239 Å². The Morgan fingerprint density at radius 2 is 1.93 bits per heavy atom. The number of anilines is 2. The summed E-state index contributed by atoms with van der Waals surface area (Å²) in [4.78, 5) is 34.4. The van der Waals surface area contributed by atoms with Gasteiger partial charge in [-0.3, -0.25) is 18.9 Å². The minimum atomic E-state index is -4.33. The molecular weight excluding hydrogens is 575 g/mol. The van der Waals surface area contributed by atoms with Crippen molar-refractivity contribution in [2.45, 2.75) is 57.3 Å². The molecule has 0 bridgehead atoms. The molecule has 0 unspecified atom stereocenters. The maximum atomic E-state index is 15.9. The maximum Gasteiger partial charge on any atom is 0.301 e. The van der Waals surface area contributed by atoms with Crippen molar-refractivity contribution in [3.8, 4) is 11.1 Å². The fourth-order valence-electron chi connectivity index (χ4n) is 5.47. The van der Waals surface area contributed by atoms with E-state index in [4.69, 9.17) is 0 Å². The Hall–Kier alpha value is -3.72. The lowest BCUT2D eigenvalue weighted by Crippen LogP contribution is -2.46. The number of carbonyl (C=O) groups excluding carboxylic acids is 1. The van der Waals surface area contributed by atoms with E-state index in [9.17, 15) is 22.4 Å². The average molecular weight is 606 g/mol. The monoisotopic (exact) mass is 605 g/mol. The first-order valence-corrected chi connectivity index (χ1v) is 15.3. The second-order valence-corrected chi connectivity index (χ2v) is 12.9. The molecule has 0 radical (unpaired) electrons. The topological polar surface area (TPSA) is 138 Å². The standard InChI is InChI=1S/C27H30F3N7O4S/c1-14(38)33-18-9-19(10-18)37-25-16(12-32-27(34-25)31-11-15-2-3-15)8-20(26(37)39)23-21(29)4-5-22(24(23)30)35-42(40,41)36-7-6-17(28)13-36/h4-5,8,12,15,17-19,35H,2-3,6-7,9-11,13H2,1H3,(H,33,38)(H,31,32,34)/t17-,18-,19-/m1/s1. The van der Waals surface area contributed by atoms with Crippen molar-refractivity contribution in [1.82, 2.24) is 24.2 Å². The molecule has 1 aromatic carbocycles. The predicted octanol–water partition coefficient (Wildman–Crippen LogP) is 3.10. The molecule has 3 aromatic rings. The van der Waals surface area contributed by atoms with Gasteiger partial charge in [-0.15, -0.1) is 0 Å². The summed E-state index contributed by atoms with van der Waals surface area (Å²) in [6.45, 7) is 1.62. The smallest absolute Gasteiger partial charge is 0.301 e. The number of halogens is 3. The van der Waals surface area contributed by atoms with Gasteiger partial charge in [-0.2, -0.15) is 17.7 Å². The number of amides is 1. The molecule has 42 heavy (non-hydrogen) atoms. The highest BCUT2D eigenvalue weighted by molar-refractivity contribution is 7.90. The molecule has 11 nitrogen and oxygen atoms in total. The molecule has 2 saturated carbocycles. The number of aromatic nitrogens is 3. The number of nitrogens with one attached hydrogen (secondary N) is 3. The van der Waals surface area contributed by atoms with Gasteiger partial charge in [0.1, 0.15) is 17.6 Å². The highest BCUT2D eigenvalue weighted by Gasteiger charge is 2.35. The Kier molecular flexibility index (Phi) is 7.33. The van der Waals surface area contributed by atoms with E-state index in [0.717, 1.165) is 29.3 Å². The van der Waals surface area contributed by atoms with Crippen molar-refractivity contribution in [3.63, 3.8) is 0 Å². The Balaban J connectivity index is 1.42. The largest absolute Gasteiger partial charge is 0.354 e. The SMILES string of the molecule is CC(=O)N[C@H]1C[C@H](n2c(=O)c(-c3c(F)ccc(NS(=O)(=O)N4CC[C@@H](F)C4)c3F)cc3cnc(NCC4CC4)nc32)C1. The number of nitrogens with zero attached hydrogens (tertiary/aromatic N) is 4. The van der Waals surface area contributed by atoms with Crippen LogP contribution in [0.2, 0.25) is 0 Å². The second-order valence-electron chi connectivity index (χ2n) is 11.2. The van der Waals surface area contributed by atoms with Crippen LogP contribution >= 0.6 is 0 Å². The molecule has 6 rings (SSSR count). The summed E-state index contributed by atoms with van der Waals surface area (Å²) in [5.41, 5.74) is -2.08. The van der Waals surface area contributed by atoms with E-state index in [1.54, 1.807) is 0 Å². The van der Waals surface area contributed by atoms with Crippen molar-refractivity contribution < 1.29 is 26.4 Å². The third-order valence-corrected chi connectivity index (χ3v) is 9.43. The van der Waals surface area contributed by atoms with E-state index >= 15 is 8.78 Å². The minimum absolute atomic E-state index is 0.0124. The molecule has 3 aliphatic rings. The van der Waals surface area contributed by atoms with Gasteiger partial charge in [-0.05, 0) is 56.2 Å². The van der Waals surface area contributed by atoms with Crippen molar-refractivity contribution >= 4 is 38.8 Å². The fraction of sp³-hybridized carbons (Fsp3) is 0.481. The van der Waals surface area contributed by atoms with Crippen LogP contribution in [-0.2, 0) is 15.0 Å². The van der Waals surface area contributed by atoms with E-state index in [1.807, 2.05) is 0 Å². The average Bonchev–Trinajstić information content (AvgIpc) is 3.64. The first kappa shape index (κ1) is 28.4. The number of hydrogen-bond acceptors (Lipinski definition) is 7. The lowest BCUT2D eigenvalue weighted by molar-refractivity contribution is -0.120. The first-order valence-electron chi connectivity index (χ1n) is 13.8. The molecule has 2 aromatic heterocycles. The quantitative estimate of drug-likeness (QED) is 0.341.